The average Bonchev–Trinajstić information content (AvgIpc) is 2.96. The number of nitrogens with zero attached hydrogens (tertiary/aromatic N) is 3. The smallest absolute Gasteiger partial charge is 0.0677 e. The Labute approximate surface area is 110 Å². The fourth-order valence-corrected chi connectivity index (χ4v) is 2.82. The second kappa shape index (κ2) is 5.14. The van der Waals surface area contributed by atoms with Crippen LogP contribution in [0, 0.1) is 17.2 Å². The van der Waals surface area contributed by atoms with Crippen LogP contribution >= 0.6 is 0 Å². The SMILES string of the molecule is CC(C)(C)c1cnn([C@H](CC#N)C2CCCC2)c1. The van der Waals surface area contributed by atoms with E-state index < -0.39 is 0 Å². The highest BCUT2D eigenvalue weighted by Gasteiger charge is 2.27. The van der Waals surface area contributed by atoms with Gasteiger partial charge in [-0.15, -0.1) is 0 Å². The molecule has 98 valence electrons. The van der Waals surface area contributed by atoms with E-state index in [0.717, 1.165) is 0 Å². The van der Waals surface area contributed by atoms with Crippen molar-refractivity contribution in [2.24, 2.45) is 5.92 Å². The Kier molecular flexibility index (Phi) is 3.75. The van der Waals surface area contributed by atoms with E-state index in [9.17, 15) is 0 Å². The van der Waals surface area contributed by atoms with Crippen LogP contribution in [0.1, 0.15) is 64.5 Å². The summed E-state index contributed by atoms with van der Waals surface area (Å²) in [4.78, 5) is 0. The minimum Gasteiger partial charge on any atom is -0.268 e. The summed E-state index contributed by atoms with van der Waals surface area (Å²) in [6.07, 6.45) is 9.78. The van der Waals surface area contributed by atoms with Crippen molar-refractivity contribution < 1.29 is 0 Å². The minimum absolute atomic E-state index is 0.130. The van der Waals surface area contributed by atoms with Crippen LogP contribution in [0.25, 0.3) is 0 Å². The normalized spacial score (nSPS) is 18.8. The van der Waals surface area contributed by atoms with Gasteiger partial charge in [0, 0.05) is 6.20 Å². The molecular formula is C15H23N3. The minimum atomic E-state index is 0.130. The van der Waals surface area contributed by atoms with Crippen LogP contribution in [0.4, 0.5) is 0 Å². The van der Waals surface area contributed by atoms with E-state index in [1.54, 1.807) is 0 Å². The first-order valence-electron chi connectivity index (χ1n) is 6.94. The molecule has 1 aromatic heterocycles. The van der Waals surface area contributed by atoms with Crippen LogP contribution in [-0.2, 0) is 5.41 Å². The highest BCUT2D eigenvalue weighted by molar-refractivity contribution is 5.15. The van der Waals surface area contributed by atoms with Gasteiger partial charge in [-0.25, -0.2) is 0 Å². The third kappa shape index (κ3) is 2.75. The van der Waals surface area contributed by atoms with Crippen molar-refractivity contribution in [1.82, 2.24) is 9.78 Å². The Bertz CT molecular complexity index is 427. The Morgan fingerprint density at radius 1 is 1.44 bits per heavy atom. The number of hydrogen-bond donors (Lipinski definition) is 0. The first kappa shape index (κ1) is 13.1. The van der Waals surface area contributed by atoms with Crippen LogP contribution in [0.3, 0.4) is 0 Å². The fraction of sp³-hybridized carbons (Fsp3) is 0.733. The molecule has 1 fully saturated rings. The maximum Gasteiger partial charge on any atom is 0.0677 e. The molecule has 0 aromatic carbocycles. The Hall–Kier alpha value is -1.30. The maximum atomic E-state index is 9.03. The molecule has 1 heterocycles. The molecule has 0 saturated heterocycles. The lowest BCUT2D eigenvalue weighted by Crippen LogP contribution is -2.18. The first-order chi connectivity index (χ1) is 8.52. The summed E-state index contributed by atoms with van der Waals surface area (Å²) < 4.78 is 2.04. The summed E-state index contributed by atoms with van der Waals surface area (Å²) in [5, 5.41) is 13.5. The molecule has 3 heteroatoms. The van der Waals surface area contributed by atoms with Crippen LogP contribution in [-0.4, -0.2) is 9.78 Å². The average molecular weight is 245 g/mol. The van der Waals surface area contributed by atoms with Gasteiger partial charge in [-0.05, 0) is 29.7 Å². The largest absolute Gasteiger partial charge is 0.268 e. The zero-order valence-electron chi connectivity index (χ0n) is 11.7. The molecule has 0 spiro atoms. The lowest BCUT2D eigenvalue weighted by Gasteiger charge is -2.22. The molecule has 1 aliphatic carbocycles. The van der Waals surface area contributed by atoms with Gasteiger partial charge in [0.15, 0.2) is 0 Å². The van der Waals surface area contributed by atoms with Gasteiger partial charge in [0.05, 0.1) is 24.7 Å². The molecule has 0 N–H and O–H groups in total. The molecule has 18 heavy (non-hydrogen) atoms. The van der Waals surface area contributed by atoms with E-state index in [2.05, 4.69) is 38.1 Å². The molecule has 0 aliphatic heterocycles. The highest BCUT2D eigenvalue weighted by atomic mass is 15.3. The standard InChI is InChI=1S/C15H23N3/c1-15(2,3)13-10-17-18(11-13)14(8-9-16)12-6-4-5-7-12/h10-12,14H,4-8H2,1-3H3/t14-/m1/s1. The molecule has 0 unspecified atom stereocenters. The van der Waals surface area contributed by atoms with Crippen LogP contribution < -0.4 is 0 Å². The van der Waals surface area contributed by atoms with E-state index in [1.807, 2.05) is 10.9 Å². The molecule has 0 amide bonds. The third-order valence-corrected chi connectivity index (χ3v) is 4.05. The zero-order valence-corrected chi connectivity index (χ0v) is 11.7. The van der Waals surface area contributed by atoms with Crippen LogP contribution in [0.15, 0.2) is 12.4 Å². The Balaban J connectivity index is 2.20. The van der Waals surface area contributed by atoms with Crippen molar-refractivity contribution >= 4 is 0 Å². The van der Waals surface area contributed by atoms with E-state index in [0.29, 0.717) is 12.3 Å². The quantitative estimate of drug-likeness (QED) is 0.812. The van der Waals surface area contributed by atoms with E-state index in [4.69, 9.17) is 5.26 Å². The third-order valence-electron chi connectivity index (χ3n) is 4.05. The summed E-state index contributed by atoms with van der Waals surface area (Å²) in [5.74, 6) is 0.636. The summed E-state index contributed by atoms with van der Waals surface area (Å²) in [7, 11) is 0. The van der Waals surface area contributed by atoms with E-state index in [-0.39, 0.29) is 11.5 Å². The number of hydrogen-bond acceptors (Lipinski definition) is 2. The Morgan fingerprint density at radius 3 is 2.61 bits per heavy atom. The molecular weight excluding hydrogens is 222 g/mol. The van der Waals surface area contributed by atoms with E-state index >= 15 is 0 Å². The van der Waals surface area contributed by atoms with Gasteiger partial charge in [0.2, 0.25) is 0 Å². The monoisotopic (exact) mass is 245 g/mol. The second-order valence-corrected chi connectivity index (χ2v) is 6.43. The zero-order chi connectivity index (χ0) is 13.2. The van der Waals surface area contributed by atoms with E-state index in [1.165, 1.54) is 31.2 Å². The van der Waals surface area contributed by atoms with Crippen molar-refractivity contribution in [1.29, 1.82) is 5.26 Å². The van der Waals surface area contributed by atoms with Gasteiger partial charge in [-0.2, -0.15) is 10.4 Å². The molecule has 0 bridgehead atoms. The molecule has 1 aliphatic rings. The number of aromatic nitrogens is 2. The van der Waals surface area contributed by atoms with Crippen molar-refractivity contribution in [3.63, 3.8) is 0 Å². The molecule has 1 aromatic rings. The summed E-state index contributed by atoms with van der Waals surface area (Å²) >= 11 is 0. The van der Waals surface area contributed by atoms with Gasteiger partial charge in [0.25, 0.3) is 0 Å². The Morgan fingerprint density at radius 2 is 2.11 bits per heavy atom. The lowest BCUT2D eigenvalue weighted by molar-refractivity contribution is 0.314. The molecule has 0 radical (unpaired) electrons. The van der Waals surface area contributed by atoms with Gasteiger partial charge in [-0.1, -0.05) is 33.6 Å². The summed E-state index contributed by atoms with van der Waals surface area (Å²) in [6, 6.07) is 2.60. The second-order valence-electron chi connectivity index (χ2n) is 6.43. The molecule has 3 nitrogen and oxygen atoms in total. The van der Waals surface area contributed by atoms with Crippen molar-refractivity contribution in [3.8, 4) is 6.07 Å². The van der Waals surface area contributed by atoms with Crippen LogP contribution in [0.5, 0.6) is 0 Å². The van der Waals surface area contributed by atoms with Gasteiger partial charge in [0.1, 0.15) is 0 Å². The van der Waals surface area contributed by atoms with Gasteiger partial charge >= 0.3 is 0 Å². The molecule has 1 atom stereocenters. The molecule has 2 rings (SSSR count). The topological polar surface area (TPSA) is 41.6 Å². The summed E-state index contributed by atoms with van der Waals surface area (Å²) in [5.41, 5.74) is 1.38. The summed E-state index contributed by atoms with van der Waals surface area (Å²) in [6.45, 7) is 6.59. The fourth-order valence-electron chi connectivity index (χ4n) is 2.82. The first-order valence-corrected chi connectivity index (χ1v) is 6.94. The maximum absolute atomic E-state index is 9.03. The van der Waals surface area contributed by atoms with Crippen molar-refractivity contribution in [2.75, 3.05) is 0 Å². The van der Waals surface area contributed by atoms with Crippen molar-refractivity contribution in [2.45, 2.75) is 64.3 Å². The predicted molar refractivity (Wildman–Crippen MR) is 72.2 cm³/mol. The van der Waals surface area contributed by atoms with Gasteiger partial charge < -0.3 is 0 Å². The van der Waals surface area contributed by atoms with Crippen LogP contribution in [0.2, 0.25) is 0 Å². The number of nitriles is 1. The lowest BCUT2D eigenvalue weighted by atomic mass is 9.89. The van der Waals surface area contributed by atoms with Gasteiger partial charge in [-0.3, -0.25) is 4.68 Å². The molecule has 1 saturated carbocycles. The number of rotatable bonds is 3. The van der Waals surface area contributed by atoms with Crippen molar-refractivity contribution in [3.05, 3.63) is 18.0 Å². The highest BCUT2D eigenvalue weighted by Crippen LogP contribution is 2.36. The predicted octanol–water partition coefficient (Wildman–Crippen LogP) is 3.83.